The van der Waals surface area contributed by atoms with Crippen LogP contribution < -0.4 is 5.56 Å². The number of hydrogen-bond donors (Lipinski definition) is 1. The molecule has 1 N–H and O–H groups in total. The maximum Gasteiger partial charge on any atom is 0.274 e. The first kappa shape index (κ1) is 21.1. The highest BCUT2D eigenvalue weighted by molar-refractivity contribution is 6.04. The van der Waals surface area contributed by atoms with Crippen molar-refractivity contribution in [2.24, 2.45) is 0 Å². The van der Waals surface area contributed by atoms with E-state index in [1.807, 2.05) is 35.2 Å². The van der Waals surface area contributed by atoms with Crippen LogP contribution in [0.4, 0.5) is 0 Å². The highest BCUT2D eigenvalue weighted by Gasteiger charge is 2.27. The molecule has 6 nitrogen and oxygen atoms in total. The number of phenols is 1. The minimum atomic E-state index is -0.130. The third-order valence-corrected chi connectivity index (χ3v) is 6.19. The van der Waals surface area contributed by atoms with Gasteiger partial charge in [0, 0.05) is 25.0 Å². The van der Waals surface area contributed by atoms with Crippen LogP contribution in [0.15, 0.2) is 53.3 Å². The lowest BCUT2D eigenvalue weighted by Gasteiger charge is -2.32. The first-order chi connectivity index (χ1) is 15.1. The standard InChI is InChI=1S/C25H29N3O3/c1-2-3-6-15-28-24(30)22-8-5-4-7-21(22)23(26-28)25(31)27-16-13-19(14-17-27)18-9-11-20(29)12-10-18/h4-5,7-12,19,29H,2-3,6,13-17H2,1H3. The molecule has 1 saturated heterocycles. The number of fused-ring (bicyclic) bond motifs is 1. The van der Waals surface area contributed by atoms with E-state index in [1.54, 1.807) is 18.2 Å². The van der Waals surface area contributed by atoms with Gasteiger partial charge < -0.3 is 10.0 Å². The molecule has 31 heavy (non-hydrogen) atoms. The van der Waals surface area contributed by atoms with Crippen molar-refractivity contribution in [1.29, 1.82) is 0 Å². The normalized spacial score (nSPS) is 14.8. The summed E-state index contributed by atoms with van der Waals surface area (Å²) in [6.07, 6.45) is 4.68. The van der Waals surface area contributed by atoms with E-state index in [1.165, 1.54) is 10.2 Å². The van der Waals surface area contributed by atoms with Crippen LogP contribution in [0.2, 0.25) is 0 Å². The van der Waals surface area contributed by atoms with E-state index in [4.69, 9.17) is 0 Å². The summed E-state index contributed by atoms with van der Waals surface area (Å²) in [7, 11) is 0. The minimum absolute atomic E-state index is 0.107. The molecule has 0 radical (unpaired) electrons. The lowest BCUT2D eigenvalue weighted by Crippen LogP contribution is -2.39. The molecule has 3 aromatic rings. The Bertz CT molecular complexity index is 1110. The van der Waals surface area contributed by atoms with E-state index >= 15 is 0 Å². The molecular formula is C25H29N3O3. The summed E-state index contributed by atoms with van der Waals surface area (Å²) >= 11 is 0. The number of phenolic OH excluding ortho intramolecular Hbond substituents is 1. The third kappa shape index (κ3) is 4.48. The van der Waals surface area contributed by atoms with Crippen LogP contribution >= 0.6 is 0 Å². The average molecular weight is 420 g/mol. The van der Waals surface area contributed by atoms with Gasteiger partial charge in [0.05, 0.1) is 5.39 Å². The van der Waals surface area contributed by atoms with E-state index in [0.29, 0.717) is 42.0 Å². The second-order valence-corrected chi connectivity index (χ2v) is 8.29. The third-order valence-electron chi connectivity index (χ3n) is 6.19. The Kier molecular flexibility index (Phi) is 6.35. The Morgan fingerprint density at radius 3 is 2.39 bits per heavy atom. The number of carbonyl (C=O) groups excluding carboxylic acids is 1. The van der Waals surface area contributed by atoms with E-state index in [9.17, 15) is 14.7 Å². The van der Waals surface area contributed by atoms with Gasteiger partial charge in [-0.3, -0.25) is 9.59 Å². The predicted octanol–water partition coefficient (Wildman–Crippen LogP) is 4.31. The number of benzene rings is 2. The highest BCUT2D eigenvalue weighted by atomic mass is 16.3. The largest absolute Gasteiger partial charge is 0.508 e. The Hall–Kier alpha value is -3.15. The average Bonchev–Trinajstić information content (AvgIpc) is 2.81. The summed E-state index contributed by atoms with van der Waals surface area (Å²) in [6.45, 7) is 3.94. The van der Waals surface area contributed by atoms with E-state index in [-0.39, 0.29) is 17.2 Å². The van der Waals surface area contributed by atoms with E-state index in [2.05, 4.69) is 12.0 Å². The van der Waals surface area contributed by atoms with Gasteiger partial charge in [-0.05, 0) is 48.9 Å². The molecular weight excluding hydrogens is 390 g/mol. The summed E-state index contributed by atoms with van der Waals surface area (Å²) in [5.74, 6) is 0.533. The van der Waals surface area contributed by atoms with Crippen LogP contribution in [-0.2, 0) is 6.54 Å². The summed E-state index contributed by atoms with van der Waals surface area (Å²) in [6, 6.07) is 14.6. The second kappa shape index (κ2) is 9.33. The molecule has 0 atom stereocenters. The van der Waals surface area contributed by atoms with Gasteiger partial charge in [0.15, 0.2) is 5.69 Å². The molecule has 0 bridgehead atoms. The molecule has 1 aliphatic heterocycles. The summed E-state index contributed by atoms with van der Waals surface area (Å²) in [5, 5.41) is 15.2. The fourth-order valence-electron chi connectivity index (χ4n) is 4.37. The molecule has 0 unspecified atom stereocenters. The van der Waals surface area contributed by atoms with Gasteiger partial charge in [0.25, 0.3) is 11.5 Å². The molecule has 1 aromatic heterocycles. The number of aromatic nitrogens is 2. The smallest absolute Gasteiger partial charge is 0.274 e. The zero-order valence-corrected chi connectivity index (χ0v) is 18.0. The van der Waals surface area contributed by atoms with Gasteiger partial charge in [-0.15, -0.1) is 0 Å². The first-order valence-corrected chi connectivity index (χ1v) is 11.2. The Morgan fingerprint density at radius 1 is 1.03 bits per heavy atom. The lowest BCUT2D eigenvalue weighted by molar-refractivity contribution is 0.0706. The fraction of sp³-hybridized carbons (Fsp3) is 0.400. The van der Waals surface area contributed by atoms with E-state index < -0.39 is 0 Å². The van der Waals surface area contributed by atoms with Crippen molar-refractivity contribution >= 4 is 16.7 Å². The first-order valence-electron chi connectivity index (χ1n) is 11.2. The molecule has 6 heteroatoms. The van der Waals surface area contributed by atoms with Crippen molar-refractivity contribution in [3.8, 4) is 5.75 Å². The minimum Gasteiger partial charge on any atom is -0.508 e. The zero-order chi connectivity index (χ0) is 21.8. The predicted molar refractivity (Wildman–Crippen MR) is 122 cm³/mol. The number of piperidine rings is 1. The van der Waals surface area contributed by atoms with Crippen molar-refractivity contribution < 1.29 is 9.90 Å². The lowest BCUT2D eigenvalue weighted by atomic mass is 9.89. The monoisotopic (exact) mass is 419 g/mol. The zero-order valence-electron chi connectivity index (χ0n) is 18.0. The molecule has 1 amide bonds. The van der Waals surface area contributed by atoms with Gasteiger partial charge >= 0.3 is 0 Å². The number of carbonyl (C=O) groups is 1. The SMILES string of the molecule is CCCCCn1nc(C(=O)N2CCC(c3ccc(O)cc3)CC2)c2ccccc2c1=O. The summed E-state index contributed by atoms with van der Waals surface area (Å²) in [5.41, 5.74) is 1.43. The van der Waals surface area contributed by atoms with Crippen LogP contribution in [0.3, 0.4) is 0 Å². The van der Waals surface area contributed by atoms with Crippen molar-refractivity contribution in [1.82, 2.24) is 14.7 Å². The molecule has 2 aromatic carbocycles. The molecule has 1 fully saturated rings. The van der Waals surface area contributed by atoms with Gasteiger partial charge in [0.1, 0.15) is 5.75 Å². The fourth-order valence-corrected chi connectivity index (χ4v) is 4.37. The van der Waals surface area contributed by atoms with Crippen LogP contribution in [0.5, 0.6) is 5.75 Å². The van der Waals surface area contributed by atoms with Crippen molar-refractivity contribution in [3.05, 3.63) is 70.1 Å². The number of aryl methyl sites for hydroxylation is 1. The van der Waals surface area contributed by atoms with Gasteiger partial charge in [-0.2, -0.15) is 5.10 Å². The topological polar surface area (TPSA) is 75.4 Å². The Labute approximate surface area is 182 Å². The van der Waals surface area contributed by atoms with Crippen molar-refractivity contribution in [3.63, 3.8) is 0 Å². The second-order valence-electron chi connectivity index (χ2n) is 8.29. The Balaban J connectivity index is 1.56. The number of amides is 1. The van der Waals surface area contributed by atoms with Crippen LogP contribution in [0.25, 0.3) is 10.8 Å². The number of rotatable bonds is 6. The van der Waals surface area contributed by atoms with Gasteiger partial charge in [-0.25, -0.2) is 4.68 Å². The number of hydrogen-bond acceptors (Lipinski definition) is 4. The van der Waals surface area contributed by atoms with Crippen molar-refractivity contribution in [2.45, 2.75) is 51.5 Å². The maximum absolute atomic E-state index is 13.4. The highest BCUT2D eigenvalue weighted by Crippen LogP contribution is 2.30. The van der Waals surface area contributed by atoms with E-state index in [0.717, 1.165) is 32.1 Å². The molecule has 2 heterocycles. The van der Waals surface area contributed by atoms with Crippen LogP contribution in [0, 0.1) is 0 Å². The number of likely N-dealkylation sites (tertiary alicyclic amines) is 1. The summed E-state index contributed by atoms with van der Waals surface area (Å²) < 4.78 is 1.47. The number of unbranched alkanes of at least 4 members (excludes halogenated alkanes) is 2. The Morgan fingerprint density at radius 2 is 1.71 bits per heavy atom. The molecule has 0 aliphatic carbocycles. The van der Waals surface area contributed by atoms with Crippen LogP contribution in [0.1, 0.15) is 61.0 Å². The molecule has 1 aliphatic rings. The molecule has 0 saturated carbocycles. The molecule has 0 spiro atoms. The van der Waals surface area contributed by atoms with Crippen molar-refractivity contribution in [2.75, 3.05) is 13.1 Å². The summed E-state index contributed by atoms with van der Waals surface area (Å²) in [4.78, 5) is 28.1. The number of aromatic hydroxyl groups is 1. The number of nitrogens with zero attached hydrogens (tertiary/aromatic N) is 3. The molecule has 162 valence electrons. The van der Waals surface area contributed by atoms with Gasteiger partial charge in [0.2, 0.25) is 0 Å². The van der Waals surface area contributed by atoms with Crippen LogP contribution in [-0.4, -0.2) is 38.8 Å². The maximum atomic E-state index is 13.4. The van der Waals surface area contributed by atoms with Gasteiger partial charge in [-0.1, -0.05) is 50.1 Å². The molecule has 4 rings (SSSR count). The quantitative estimate of drug-likeness (QED) is 0.604.